The fourth-order valence-corrected chi connectivity index (χ4v) is 6.09. The molecule has 1 aromatic heterocycles. The van der Waals surface area contributed by atoms with E-state index >= 15 is 0 Å². The molecule has 1 aliphatic rings. The Morgan fingerprint density at radius 1 is 1.22 bits per heavy atom. The molecule has 1 amide bonds. The van der Waals surface area contributed by atoms with E-state index in [0.717, 1.165) is 22.6 Å². The summed E-state index contributed by atoms with van der Waals surface area (Å²) in [5.74, 6) is 0.187. The summed E-state index contributed by atoms with van der Waals surface area (Å²) >= 11 is 1.35. The van der Waals surface area contributed by atoms with Crippen LogP contribution in [0.4, 0.5) is 5.13 Å². The highest BCUT2D eigenvalue weighted by Crippen LogP contribution is 2.30. The second kappa shape index (κ2) is 9.40. The number of carbonyl (C=O) groups excluding carboxylic acids is 1. The topological polar surface area (TPSA) is 88.6 Å². The first-order valence-corrected chi connectivity index (χ1v) is 12.7. The van der Waals surface area contributed by atoms with Gasteiger partial charge in [0, 0.05) is 24.0 Å². The lowest BCUT2D eigenvalue weighted by molar-refractivity contribution is -0.120. The minimum atomic E-state index is -3.61. The van der Waals surface area contributed by atoms with Gasteiger partial charge in [-0.3, -0.25) is 4.79 Å². The molecule has 1 fully saturated rings. The Kier molecular flexibility index (Phi) is 6.59. The molecule has 168 valence electrons. The number of hydrogen-bond acceptors (Lipinski definition) is 6. The van der Waals surface area contributed by atoms with Gasteiger partial charge in [0.05, 0.1) is 23.6 Å². The number of benzene rings is 2. The van der Waals surface area contributed by atoms with Crippen LogP contribution in [0.25, 0.3) is 11.3 Å². The van der Waals surface area contributed by atoms with E-state index in [2.05, 4.69) is 10.3 Å². The fourth-order valence-electron chi connectivity index (χ4n) is 3.83. The van der Waals surface area contributed by atoms with Crippen LogP contribution in [0.5, 0.6) is 5.75 Å². The molecule has 0 spiro atoms. The van der Waals surface area contributed by atoms with Crippen LogP contribution in [-0.4, -0.2) is 43.8 Å². The van der Waals surface area contributed by atoms with Gasteiger partial charge in [0.15, 0.2) is 5.13 Å². The van der Waals surface area contributed by atoms with Crippen LogP contribution in [0, 0.1) is 12.8 Å². The smallest absolute Gasteiger partial charge is 0.243 e. The van der Waals surface area contributed by atoms with Gasteiger partial charge < -0.3 is 10.1 Å². The van der Waals surface area contributed by atoms with E-state index in [1.807, 2.05) is 30.5 Å². The Morgan fingerprint density at radius 3 is 2.72 bits per heavy atom. The quantitative estimate of drug-likeness (QED) is 0.583. The molecule has 2 heterocycles. The first kappa shape index (κ1) is 22.4. The molecule has 1 atom stereocenters. The summed E-state index contributed by atoms with van der Waals surface area (Å²) in [7, 11) is -1.98. The van der Waals surface area contributed by atoms with Gasteiger partial charge in [-0.2, -0.15) is 4.31 Å². The van der Waals surface area contributed by atoms with Crippen molar-refractivity contribution in [1.82, 2.24) is 9.29 Å². The lowest BCUT2D eigenvalue weighted by atomic mass is 9.99. The number of hydrogen-bond donors (Lipinski definition) is 1. The Hall–Kier alpha value is -2.75. The molecule has 0 radical (unpaired) electrons. The van der Waals surface area contributed by atoms with Crippen LogP contribution in [0.1, 0.15) is 18.4 Å². The zero-order chi connectivity index (χ0) is 22.7. The van der Waals surface area contributed by atoms with Gasteiger partial charge in [0.1, 0.15) is 5.75 Å². The molecular weight excluding hydrogens is 446 g/mol. The van der Waals surface area contributed by atoms with Crippen molar-refractivity contribution >= 4 is 32.4 Å². The van der Waals surface area contributed by atoms with E-state index in [9.17, 15) is 13.2 Å². The maximum absolute atomic E-state index is 12.9. The Balaban J connectivity index is 1.44. The summed E-state index contributed by atoms with van der Waals surface area (Å²) < 4.78 is 32.6. The molecule has 2 aromatic carbocycles. The van der Waals surface area contributed by atoms with Crippen molar-refractivity contribution in [2.45, 2.75) is 24.7 Å². The lowest BCUT2D eigenvalue weighted by Gasteiger charge is -2.31. The highest BCUT2D eigenvalue weighted by Gasteiger charge is 2.33. The number of methoxy groups -OCH3 is 1. The second-order valence-corrected chi connectivity index (χ2v) is 10.5. The van der Waals surface area contributed by atoms with Gasteiger partial charge in [-0.05, 0) is 55.7 Å². The minimum Gasteiger partial charge on any atom is -0.496 e. The number of anilines is 1. The number of aromatic nitrogens is 1. The average molecular weight is 472 g/mol. The number of ether oxygens (including phenoxy) is 1. The number of thiazole rings is 1. The third kappa shape index (κ3) is 4.69. The number of sulfonamides is 1. The molecule has 0 saturated carbocycles. The minimum absolute atomic E-state index is 0.166. The van der Waals surface area contributed by atoms with Crippen LogP contribution >= 0.6 is 11.3 Å². The summed E-state index contributed by atoms with van der Waals surface area (Å²) in [6.07, 6.45) is 1.28. The summed E-state index contributed by atoms with van der Waals surface area (Å²) in [6.45, 7) is 2.55. The van der Waals surface area contributed by atoms with Crippen molar-refractivity contribution in [2.75, 3.05) is 25.5 Å². The number of aryl methyl sites for hydroxylation is 1. The van der Waals surface area contributed by atoms with Crippen LogP contribution in [0.15, 0.2) is 58.8 Å². The van der Waals surface area contributed by atoms with E-state index in [0.29, 0.717) is 24.5 Å². The first-order chi connectivity index (χ1) is 15.4. The van der Waals surface area contributed by atoms with Gasteiger partial charge in [-0.1, -0.05) is 18.2 Å². The van der Waals surface area contributed by atoms with Crippen molar-refractivity contribution in [3.63, 3.8) is 0 Å². The first-order valence-electron chi connectivity index (χ1n) is 10.3. The zero-order valence-electron chi connectivity index (χ0n) is 17.9. The fraction of sp³-hybridized carbons (Fsp3) is 0.304. The number of nitrogens with one attached hydrogen (secondary N) is 1. The monoisotopic (exact) mass is 471 g/mol. The second-order valence-electron chi connectivity index (χ2n) is 7.73. The highest BCUT2D eigenvalue weighted by molar-refractivity contribution is 7.89. The normalized spacial score (nSPS) is 17.1. The van der Waals surface area contributed by atoms with Gasteiger partial charge in [0.25, 0.3) is 0 Å². The molecule has 0 bridgehead atoms. The molecule has 1 aliphatic heterocycles. The van der Waals surface area contributed by atoms with Crippen molar-refractivity contribution in [3.8, 4) is 17.0 Å². The van der Waals surface area contributed by atoms with Crippen LogP contribution < -0.4 is 10.1 Å². The predicted molar refractivity (Wildman–Crippen MR) is 125 cm³/mol. The number of piperidine rings is 1. The molecule has 9 heteroatoms. The molecule has 0 aliphatic carbocycles. The molecule has 1 unspecified atom stereocenters. The van der Waals surface area contributed by atoms with Gasteiger partial charge in [0.2, 0.25) is 15.9 Å². The summed E-state index contributed by atoms with van der Waals surface area (Å²) in [4.78, 5) is 17.7. The molecule has 1 N–H and O–H groups in total. The van der Waals surface area contributed by atoms with Crippen LogP contribution in [0.3, 0.4) is 0 Å². The molecule has 1 saturated heterocycles. The van der Waals surface area contributed by atoms with E-state index in [-0.39, 0.29) is 17.3 Å². The molecular formula is C23H25N3O4S2. The summed E-state index contributed by atoms with van der Waals surface area (Å²) in [6, 6.07) is 14.2. The van der Waals surface area contributed by atoms with Crippen molar-refractivity contribution in [3.05, 3.63) is 59.5 Å². The molecule has 32 heavy (non-hydrogen) atoms. The third-order valence-electron chi connectivity index (χ3n) is 5.56. The van der Waals surface area contributed by atoms with Crippen LogP contribution in [-0.2, 0) is 14.8 Å². The molecule has 4 rings (SSSR count). The maximum atomic E-state index is 12.9. The van der Waals surface area contributed by atoms with Crippen LogP contribution in [0.2, 0.25) is 0 Å². The SMILES string of the molecule is COc1ccc(-c2csc(NC(=O)C3CCCN(S(=O)(=O)c4ccccc4)C3)n2)cc1C. The summed E-state index contributed by atoms with van der Waals surface area (Å²) in [5, 5.41) is 5.27. The molecule has 3 aromatic rings. The lowest BCUT2D eigenvalue weighted by Crippen LogP contribution is -2.43. The predicted octanol–water partition coefficient (Wildman–Crippen LogP) is 4.17. The Bertz CT molecular complexity index is 1210. The maximum Gasteiger partial charge on any atom is 0.243 e. The van der Waals surface area contributed by atoms with E-state index in [4.69, 9.17) is 4.74 Å². The third-order valence-corrected chi connectivity index (χ3v) is 8.20. The van der Waals surface area contributed by atoms with Crippen molar-refractivity contribution in [2.24, 2.45) is 5.92 Å². The number of rotatable bonds is 6. The van der Waals surface area contributed by atoms with Crippen molar-refractivity contribution in [1.29, 1.82) is 0 Å². The average Bonchev–Trinajstić information content (AvgIpc) is 3.28. The van der Waals surface area contributed by atoms with E-state index in [1.165, 1.54) is 15.6 Å². The summed E-state index contributed by atoms with van der Waals surface area (Å²) in [5.41, 5.74) is 2.72. The number of carbonyl (C=O) groups is 1. The standard InChI is InChI=1S/C23H25N3O4S2/c1-16-13-17(10-11-21(16)30-2)20-15-31-23(24-20)25-22(27)18-7-6-12-26(14-18)32(28,29)19-8-4-3-5-9-19/h3-5,8-11,13,15,18H,6-7,12,14H2,1-2H3,(H,24,25,27). The Morgan fingerprint density at radius 2 is 2.00 bits per heavy atom. The number of nitrogens with zero attached hydrogens (tertiary/aromatic N) is 2. The zero-order valence-corrected chi connectivity index (χ0v) is 19.6. The van der Waals surface area contributed by atoms with Gasteiger partial charge in [-0.25, -0.2) is 13.4 Å². The van der Waals surface area contributed by atoms with Crippen molar-refractivity contribution < 1.29 is 17.9 Å². The Labute approximate surface area is 192 Å². The van der Waals surface area contributed by atoms with Gasteiger partial charge >= 0.3 is 0 Å². The van der Waals surface area contributed by atoms with E-state index in [1.54, 1.807) is 37.4 Å². The number of amides is 1. The molecule has 7 nitrogen and oxygen atoms in total. The van der Waals surface area contributed by atoms with Gasteiger partial charge in [-0.15, -0.1) is 11.3 Å². The largest absolute Gasteiger partial charge is 0.496 e. The highest BCUT2D eigenvalue weighted by atomic mass is 32.2. The van der Waals surface area contributed by atoms with E-state index < -0.39 is 15.9 Å².